The molecule has 110 valence electrons. The van der Waals surface area contributed by atoms with E-state index in [2.05, 4.69) is 4.99 Å². The molecule has 1 fully saturated rings. The van der Waals surface area contributed by atoms with Crippen molar-refractivity contribution in [3.05, 3.63) is 60.2 Å². The number of hydrogen-bond donors (Lipinski definition) is 1. The fraction of sp³-hybridized carbons (Fsp3) is 0.222. The number of aliphatic imine (C=N–C) groups is 1. The molecule has 1 amide bonds. The average Bonchev–Trinajstić information content (AvgIpc) is 3.39. The van der Waals surface area contributed by atoms with Crippen molar-refractivity contribution in [1.82, 2.24) is 0 Å². The van der Waals surface area contributed by atoms with Gasteiger partial charge in [-0.2, -0.15) is 0 Å². The molecule has 4 rings (SSSR count). The van der Waals surface area contributed by atoms with E-state index in [1.54, 1.807) is 4.90 Å². The molecule has 2 aromatic rings. The molecule has 0 aromatic heterocycles. The topological polar surface area (TPSA) is 58.7 Å². The van der Waals surface area contributed by atoms with Gasteiger partial charge in [0.1, 0.15) is 0 Å². The van der Waals surface area contributed by atoms with Gasteiger partial charge in [-0.15, -0.1) is 0 Å². The molecule has 2 aliphatic rings. The molecule has 0 bridgehead atoms. The summed E-state index contributed by atoms with van der Waals surface area (Å²) in [5.41, 5.74) is 9.76. The number of carbonyl (C=O) groups is 1. The molecule has 4 nitrogen and oxygen atoms in total. The number of benzodiazepines with no additional fused rings is 1. The Bertz CT molecular complexity index is 750. The molecule has 0 radical (unpaired) electrons. The van der Waals surface area contributed by atoms with E-state index in [9.17, 15) is 4.79 Å². The maximum absolute atomic E-state index is 12.8. The van der Waals surface area contributed by atoms with Gasteiger partial charge in [0.25, 0.3) is 5.91 Å². The Morgan fingerprint density at radius 3 is 2.41 bits per heavy atom. The van der Waals surface area contributed by atoms with Gasteiger partial charge in [-0.05, 0) is 31.0 Å². The summed E-state index contributed by atoms with van der Waals surface area (Å²) in [6.07, 6.45) is 1.40. The third-order valence-electron chi connectivity index (χ3n) is 4.15. The first kappa shape index (κ1) is 13.2. The minimum absolute atomic E-state index is 0.186. The first-order chi connectivity index (χ1) is 10.8. The lowest BCUT2D eigenvalue weighted by Crippen LogP contribution is -2.39. The molecule has 1 atom stereocenters. The van der Waals surface area contributed by atoms with Crippen molar-refractivity contribution >= 4 is 23.0 Å². The van der Waals surface area contributed by atoms with Crippen LogP contribution in [0.5, 0.6) is 0 Å². The average molecular weight is 291 g/mol. The van der Waals surface area contributed by atoms with E-state index in [-0.39, 0.29) is 5.91 Å². The number of fused-ring (bicyclic) bond motifs is 1. The third kappa shape index (κ3) is 2.12. The van der Waals surface area contributed by atoms with Gasteiger partial charge >= 0.3 is 0 Å². The van der Waals surface area contributed by atoms with Crippen LogP contribution in [0.15, 0.2) is 59.6 Å². The molecule has 1 heterocycles. The van der Waals surface area contributed by atoms with Crippen LogP contribution in [0.25, 0.3) is 0 Å². The van der Waals surface area contributed by atoms with Crippen molar-refractivity contribution < 1.29 is 4.79 Å². The predicted molar refractivity (Wildman–Crippen MR) is 87.3 cm³/mol. The molecule has 1 saturated carbocycles. The summed E-state index contributed by atoms with van der Waals surface area (Å²) < 4.78 is 0. The SMILES string of the molecule is NC1N=C(C2CC2)c2ccccc2N(c2ccccc2)C1=O. The summed E-state index contributed by atoms with van der Waals surface area (Å²) in [6.45, 7) is 0. The maximum Gasteiger partial charge on any atom is 0.270 e. The lowest BCUT2D eigenvalue weighted by molar-refractivity contribution is -0.118. The van der Waals surface area contributed by atoms with Gasteiger partial charge in [-0.3, -0.25) is 14.7 Å². The van der Waals surface area contributed by atoms with Crippen molar-refractivity contribution in [2.45, 2.75) is 19.0 Å². The number of nitrogens with two attached hydrogens (primary N) is 1. The normalized spacial score (nSPS) is 21.1. The van der Waals surface area contributed by atoms with Gasteiger partial charge < -0.3 is 5.73 Å². The molecule has 4 heteroatoms. The van der Waals surface area contributed by atoms with Crippen LogP contribution in [0.3, 0.4) is 0 Å². The van der Waals surface area contributed by atoms with Crippen molar-refractivity contribution in [2.75, 3.05) is 4.90 Å². The summed E-state index contributed by atoms with van der Waals surface area (Å²) in [4.78, 5) is 19.0. The van der Waals surface area contributed by atoms with E-state index >= 15 is 0 Å². The van der Waals surface area contributed by atoms with E-state index in [0.29, 0.717) is 5.92 Å². The van der Waals surface area contributed by atoms with E-state index in [1.165, 1.54) is 0 Å². The number of para-hydroxylation sites is 2. The summed E-state index contributed by atoms with van der Waals surface area (Å²) >= 11 is 0. The minimum Gasteiger partial charge on any atom is -0.302 e. The Hall–Kier alpha value is -2.46. The molecule has 1 aliphatic heterocycles. The first-order valence-electron chi connectivity index (χ1n) is 7.57. The van der Waals surface area contributed by atoms with Crippen LogP contribution < -0.4 is 10.6 Å². The van der Waals surface area contributed by atoms with Crippen molar-refractivity contribution in [3.8, 4) is 0 Å². The Labute approximate surface area is 129 Å². The summed E-state index contributed by atoms with van der Waals surface area (Å²) in [5, 5.41) is 0. The summed E-state index contributed by atoms with van der Waals surface area (Å²) in [6, 6.07) is 17.6. The van der Waals surface area contributed by atoms with Crippen LogP contribution >= 0.6 is 0 Å². The molecule has 1 unspecified atom stereocenters. The van der Waals surface area contributed by atoms with Gasteiger partial charge in [0, 0.05) is 22.9 Å². The largest absolute Gasteiger partial charge is 0.302 e. The third-order valence-corrected chi connectivity index (χ3v) is 4.15. The van der Waals surface area contributed by atoms with Crippen LogP contribution in [-0.2, 0) is 4.79 Å². The van der Waals surface area contributed by atoms with Crippen LogP contribution in [0.4, 0.5) is 11.4 Å². The fourth-order valence-corrected chi connectivity index (χ4v) is 2.94. The van der Waals surface area contributed by atoms with Crippen molar-refractivity contribution in [1.29, 1.82) is 0 Å². The zero-order chi connectivity index (χ0) is 15.1. The molecule has 2 N–H and O–H groups in total. The molecular formula is C18H17N3O. The first-order valence-corrected chi connectivity index (χ1v) is 7.57. The minimum atomic E-state index is -0.844. The summed E-state index contributed by atoms with van der Waals surface area (Å²) in [5.74, 6) is 0.255. The number of nitrogens with zero attached hydrogens (tertiary/aromatic N) is 2. The number of benzene rings is 2. The number of amides is 1. The Balaban J connectivity index is 1.92. The van der Waals surface area contributed by atoms with Crippen LogP contribution in [-0.4, -0.2) is 17.8 Å². The standard InChI is InChI=1S/C18H17N3O/c19-17-18(22)21(13-6-2-1-3-7-13)15-9-5-4-8-14(15)16(20-17)12-10-11-12/h1-9,12,17H,10-11,19H2. The van der Waals surface area contributed by atoms with E-state index < -0.39 is 6.17 Å². The maximum atomic E-state index is 12.8. The lowest BCUT2D eigenvalue weighted by Gasteiger charge is -2.24. The van der Waals surface area contributed by atoms with Gasteiger partial charge in [0.15, 0.2) is 6.17 Å². The molecule has 1 aliphatic carbocycles. The second-order valence-corrected chi connectivity index (χ2v) is 5.76. The van der Waals surface area contributed by atoms with E-state index in [0.717, 1.165) is 35.5 Å². The Morgan fingerprint density at radius 2 is 1.68 bits per heavy atom. The van der Waals surface area contributed by atoms with Crippen molar-refractivity contribution in [2.24, 2.45) is 16.6 Å². The highest BCUT2D eigenvalue weighted by Gasteiger charge is 2.36. The zero-order valence-corrected chi connectivity index (χ0v) is 12.1. The zero-order valence-electron chi connectivity index (χ0n) is 12.1. The van der Waals surface area contributed by atoms with Crippen LogP contribution in [0, 0.1) is 5.92 Å². The second kappa shape index (κ2) is 5.07. The molecule has 0 saturated heterocycles. The van der Waals surface area contributed by atoms with Crippen molar-refractivity contribution in [3.63, 3.8) is 0 Å². The van der Waals surface area contributed by atoms with Gasteiger partial charge in [0.05, 0.1) is 5.69 Å². The van der Waals surface area contributed by atoms with Crippen LogP contribution in [0.1, 0.15) is 18.4 Å². The Kier molecular flexibility index (Phi) is 3.05. The second-order valence-electron chi connectivity index (χ2n) is 5.76. The van der Waals surface area contributed by atoms with Crippen LogP contribution in [0.2, 0.25) is 0 Å². The highest BCUT2D eigenvalue weighted by Crippen LogP contribution is 2.39. The van der Waals surface area contributed by atoms with Gasteiger partial charge in [-0.1, -0.05) is 36.4 Å². The fourth-order valence-electron chi connectivity index (χ4n) is 2.94. The number of hydrogen-bond acceptors (Lipinski definition) is 3. The molecule has 2 aromatic carbocycles. The van der Waals surface area contributed by atoms with E-state index in [4.69, 9.17) is 5.73 Å². The number of carbonyl (C=O) groups excluding carboxylic acids is 1. The monoisotopic (exact) mass is 291 g/mol. The van der Waals surface area contributed by atoms with Gasteiger partial charge in [-0.25, -0.2) is 0 Å². The number of rotatable bonds is 2. The molecule has 22 heavy (non-hydrogen) atoms. The lowest BCUT2D eigenvalue weighted by atomic mass is 10.0. The quantitative estimate of drug-likeness (QED) is 0.925. The van der Waals surface area contributed by atoms with Gasteiger partial charge in [0.2, 0.25) is 0 Å². The number of anilines is 2. The predicted octanol–water partition coefficient (Wildman–Crippen LogP) is 2.85. The summed E-state index contributed by atoms with van der Waals surface area (Å²) in [7, 11) is 0. The Morgan fingerprint density at radius 1 is 1.00 bits per heavy atom. The van der Waals surface area contributed by atoms with E-state index in [1.807, 2.05) is 54.6 Å². The highest BCUT2D eigenvalue weighted by atomic mass is 16.2. The molecule has 0 spiro atoms. The smallest absolute Gasteiger partial charge is 0.270 e. The molecular weight excluding hydrogens is 274 g/mol. The highest BCUT2D eigenvalue weighted by molar-refractivity contribution is 6.16.